The molecule has 0 aliphatic carbocycles. The third-order valence-electron chi connectivity index (χ3n) is 3.24. The number of furan rings is 1. The zero-order valence-electron chi connectivity index (χ0n) is 12.0. The molecule has 0 radical (unpaired) electrons. The van der Waals surface area contributed by atoms with Gasteiger partial charge in [0.1, 0.15) is 11.5 Å². The van der Waals surface area contributed by atoms with Gasteiger partial charge in [0.25, 0.3) is 5.95 Å². The summed E-state index contributed by atoms with van der Waals surface area (Å²) in [5, 5.41) is 20.2. The van der Waals surface area contributed by atoms with Gasteiger partial charge in [-0.3, -0.25) is 5.43 Å². The predicted octanol–water partition coefficient (Wildman–Crippen LogP) is 1.31. The number of nitrogens with one attached hydrogen (secondary N) is 1. The number of aliphatic hydroxyl groups excluding tert-OH is 1. The highest BCUT2D eigenvalue weighted by atomic mass is 16.3. The monoisotopic (exact) mass is 300 g/mol. The smallest absolute Gasteiger partial charge is 0.260 e. The zero-order valence-corrected chi connectivity index (χ0v) is 12.0. The van der Waals surface area contributed by atoms with Gasteiger partial charge in [-0.15, -0.1) is 4.79 Å². The number of hydrogen-bond acceptors (Lipinski definition) is 7. The van der Waals surface area contributed by atoms with E-state index in [4.69, 9.17) is 10.2 Å². The molecule has 0 aliphatic rings. The molecule has 0 saturated carbocycles. The van der Waals surface area contributed by atoms with Gasteiger partial charge in [0.2, 0.25) is 0 Å². The van der Waals surface area contributed by atoms with E-state index in [-0.39, 0.29) is 5.95 Å². The normalized spacial score (nSPS) is 12.3. The second-order valence-electron chi connectivity index (χ2n) is 4.85. The van der Waals surface area contributed by atoms with Crippen molar-refractivity contribution < 1.29 is 9.52 Å². The molecule has 1 atom stereocenters. The Morgan fingerprint density at radius 3 is 2.68 bits per heavy atom. The minimum absolute atomic E-state index is 0.181. The van der Waals surface area contributed by atoms with Crippen LogP contribution in [0.25, 0.3) is 11.3 Å². The summed E-state index contributed by atoms with van der Waals surface area (Å²) in [6, 6.07) is 11.3. The van der Waals surface area contributed by atoms with Crippen LogP contribution in [0.15, 0.2) is 40.8 Å². The minimum Gasteiger partial charge on any atom is -0.459 e. The van der Waals surface area contributed by atoms with E-state index >= 15 is 0 Å². The molecule has 114 valence electrons. The summed E-state index contributed by atoms with van der Waals surface area (Å²) < 4.78 is 5.76. The Hall–Kier alpha value is -2.87. The molecule has 0 spiro atoms. The Labute approximate surface area is 126 Å². The van der Waals surface area contributed by atoms with E-state index in [1.807, 2.05) is 36.4 Å². The van der Waals surface area contributed by atoms with Crippen LogP contribution in [0.2, 0.25) is 0 Å². The molecule has 1 unspecified atom stereocenters. The average Bonchev–Trinajstić information content (AvgIpc) is 3.14. The van der Waals surface area contributed by atoms with E-state index in [1.165, 1.54) is 4.79 Å². The topological polar surface area (TPSA) is 115 Å². The first-order chi connectivity index (χ1) is 10.6. The highest BCUT2D eigenvalue weighted by molar-refractivity contribution is 5.58. The minimum atomic E-state index is -0.479. The molecule has 0 amide bonds. The van der Waals surface area contributed by atoms with Gasteiger partial charge >= 0.3 is 0 Å². The first-order valence-electron chi connectivity index (χ1n) is 6.78. The van der Waals surface area contributed by atoms with Crippen LogP contribution in [0, 0.1) is 0 Å². The van der Waals surface area contributed by atoms with E-state index in [2.05, 4.69) is 21.0 Å². The molecule has 22 heavy (non-hydrogen) atoms. The van der Waals surface area contributed by atoms with Crippen LogP contribution in [-0.4, -0.2) is 25.4 Å². The maximum absolute atomic E-state index is 9.51. The maximum atomic E-state index is 9.51. The van der Waals surface area contributed by atoms with Gasteiger partial charge in [-0.25, -0.2) is 0 Å². The lowest BCUT2D eigenvalue weighted by Crippen LogP contribution is -2.18. The number of nitrogen functional groups attached to an aromatic ring is 1. The van der Waals surface area contributed by atoms with Gasteiger partial charge < -0.3 is 15.3 Å². The highest BCUT2D eigenvalue weighted by Gasteiger charge is 2.07. The van der Waals surface area contributed by atoms with Crippen molar-refractivity contribution in [1.82, 2.24) is 20.3 Å². The second-order valence-corrected chi connectivity index (χ2v) is 4.85. The fourth-order valence-electron chi connectivity index (χ4n) is 2.01. The number of aliphatic hydroxyl groups is 1. The lowest BCUT2D eigenvalue weighted by Gasteiger charge is -2.05. The fourth-order valence-corrected chi connectivity index (χ4v) is 2.01. The predicted molar refractivity (Wildman–Crippen MR) is 80.1 cm³/mol. The molecule has 3 rings (SSSR count). The summed E-state index contributed by atoms with van der Waals surface area (Å²) in [5.41, 5.74) is 10.3. The molecular weight excluding hydrogens is 284 g/mol. The molecule has 8 nitrogen and oxygen atoms in total. The molecule has 2 heterocycles. The molecular formula is C14H16N6O2. The summed E-state index contributed by atoms with van der Waals surface area (Å²) >= 11 is 0. The average molecular weight is 300 g/mol. The van der Waals surface area contributed by atoms with Crippen LogP contribution >= 0.6 is 0 Å². The van der Waals surface area contributed by atoms with E-state index in [0.717, 1.165) is 22.6 Å². The van der Waals surface area contributed by atoms with Crippen molar-refractivity contribution in [3.8, 4) is 11.3 Å². The van der Waals surface area contributed by atoms with Gasteiger partial charge in [0.05, 0.1) is 12.6 Å². The van der Waals surface area contributed by atoms with Crippen LogP contribution in [0.4, 0.5) is 5.95 Å². The molecule has 1 aromatic carbocycles. The van der Waals surface area contributed by atoms with Crippen molar-refractivity contribution in [1.29, 1.82) is 0 Å². The van der Waals surface area contributed by atoms with Crippen LogP contribution in [0.5, 0.6) is 0 Å². The standard InChI is InChI=1S/C14H16N6O2/c1-9(21)10-2-4-11(5-3-10)13-7-6-12(22-13)8-16-20-14(15)17-18-19-20/h2-7,9,16,21H,8H2,1H3,(H2,15,17,19). The van der Waals surface area contributed by atoms with Gasteiger partial charge in [-0.05, 0) is 35.0 Å². The summed E-state index contributed by atoms with van der Waals surface area (Å²) in [5.74, 6) is 1.66. The van der Waals surface area contributed by atoms with Crippen LogP contribution in [0.3, 0.4) is 0 Å². The molecule has 0 bridgehead atoms. The Morgan fingerprint density at radius 2 is 2.05 bits per heavy atom. The molecule has 3 aromatic rings. The SMILES string of the molecule is CC(O)c1ccc(-c2ccc(CNn3nnnc3N)o2)cc1. The van der Waals surface area contributed by atoms with Crippen LogP contribution in [0.1, 0.15) is 24.4 Å². The highest BCUT2D eigenvalue weighted by Crippen LogP contribution is 2.24. The van der Waals surface area contributed by atoms with Crippen molar-refractivity contribution in [2.45, 2.75) is 19.6 Å². The Kier molecular flexibility index (Phi) is 3.75. The number of nitrogens with zero attached hydrogens (tertiary/aromatic N) is 4. The molecule has 0 aliphatic heterocycles. The number of tetrazole rings is 1. The molecule has 8 heteroatoms. The summed E-state index contributed by atoms with van der Waals surface area (Å²) in [4.78, 5) is 1.28. The van der Waals surface area contributed by atoms with E-state index in [1.54, 1.807) is 6.92 Å². The number of aromatic nitrogens is 4. The lowest BCUT2D eigenvalue weighted by atomic mass is 10.1. The van der Waals surface area contributed by atoms with Crippen LogP contribution in [-0.2, 0) is 6.54 Å². The van der Waals surface area contributed by atoms with Crippen molar-refractivity contribution in [3.05, 3.63) is 47.7 Å². The van der Waals surface area contributed by atoms with Crippen molar-refractivity contribution >= 4 is 5.95 Å². The van der Waals surface area contributed by atoms with Crippen LogP contribution < -0.4 is 11.2 Å². The number of nitrogens with two attached hydrogens (primary N) is 1. The molecule has 2 aromatic heterocycles. The quantitative estimate of drug-likeness (QED) is 0.650. The summed E-state index contributed by atoms with van der Waals surface area (Å²) in [6.45, 7) is 2.14. The first-order valence-corrected chi connectivity index (χ1v) is 6.78. The van der Waals surface area contributed by atoms with Gasteiger partial charge in [0, 0.05) is 5.56 Å². The summed E-state index contributed by atoms with van der Waals surface area (Å²) in [7, 11) is 0. The van der Waals surface area contributed by atoms with E-state index < -0.39 is 6.10 Å². The molecule has 0 saturated heterocycles. The van der Waals surface area contributed by atoms with Crippen molar-refractivity contribution in [2.75, 3.05) is 11.2 Å². The number of hydrogen-bond donors (Lipinski definition) is 3. The second kappa shape index (κ2) is 5.86. The van der Waals surface area contributed by atoms with E-state index in [9.17, 15) is 5.11 Å². The number of rotatable bonds is 5. The molecule has 0 fully saturated rings. The lowest BCUT2D eigenvalue weighted by molar-refractivity contribution is 0.199. The van der Waals surface area contributed by atoms with Gasteiger partial charge in [0.15, 0.2) is 0 Å². The van der Waals surface area contributed by atoms with Crippen molar-refractivity contribution in [2.24, 2.45) is 0 Å². The third-order valence-corrected chi connectivity index (χ3v) is 3.24. The number of benzene rings is 1. The van der Waals surface area contributed by atoms with Crippen molar-refractivity contribution in [3.63, 3.8) is 0 Å². The first kappa shape index (κ1) is 14.1. The maximum Gasteiger partial charge on any atom is 0.260 e. The zero-order chi connectivity index (χ0) is 15.5. The summed E-state index contributed by atoms with van der Waals surface area (Å²) in [6.07, 6.45) is -0.479. The Morgan fingerprint density at radius 1 is 1.27 bits per heavy atom. The van der Waals surface area contributed by atoms with Gasteiger partial charge in [-0.1, -0.05) is 29.4 Å². The fraction of sp³-hybridized carbons (Fsp3) is 0.214. The van der Waals surface area contributed by atoms with Gasteiger partial charge in [-0.2, -0.15) is 0 Å². The third kappa shape index (κ3) is 2.91. The Balaban J connectivity index is 1.69. The van der Waals surface area contributed by atoms with E-state index in [0.29, 0.717) is 6.54 Å². The Bertz CT molecular complexity index is 747. The largest absolute Gasteiger partial charge is 0.459 e. The number of anilines is 1. The molecule has 4 N–H and O–H groups in total.